The number of rotatable bonds is 16. The highest BCUT2D eigenvalue weighted by molar-refractivity contribution is 7.92. The molecule has 88 heavy (non-hydrogen) atoms. The number of fused-ring (bicyclic) bond motifs is 4. The quantitative estimate of drug-likeness (QED) is 0.0910. The Morgan fingerprint density at radius 3 is 1.56 bits per heavy atom. The average molecular weight is 1300 g/mol. The first-order valence-electron chi connectivity index (χ1n) is 27.0. The number of aryl methyl sites for hydroxylation is 2. The molecule has 0 radical (unpaired) electrons. The van der Waals surface area contributed by atoms with Gasteiger partial charge < -0.3 is 24.4 Å². The third-order valence-corrected chi connectivity index (χ3v) is 18.9. The summed E-state index contributed by atoms with van der Waals surface area (Å²) >= 11 is 18.4. The van der Waals surface area contributed by atoms with Gasteiger partial charge in [-0.05, 0) is 137 Å². The average Bonchev–Trinajstić information content (AvgIpc) is 1.50. The molecule has 0 saturated carbocycles. The number of halogens is 7. The number of carbonyl (C=O) groups excluding carboxylic acids is 2. The number of sulfonamides is 2. The molecule has 4 heterocycles. The van der Waals surface area contributed by atoms with Gasteiger partial charge in [-0.2, -0.15) is 0 Å². The van der Waals surface area contributed by atoms with Crippen LogP contribution in [-0.2, 0) is 65.7 Å². The number of methoxy groups -OCH3 is 1. The van der Waals surface area contributed by atoms with Crippen LogP contribution in [0.4, 0.5) is 28.9 Å². The SMILES string of the molecule is COc1ccc(COc2c3c(c(N(C)S(C)(=O)=O)c4cc(Cc5cc(Cl)c(C)cc5F)cnc24)CN(Cc2ccc(F)cc2)C3=O)cc1.Cc1cc(F)c(Cc2cnc3c(O)c4c(c(N(C)S(C)(=O)=O)c3c2)CN(Cc2ccc(F)c(Cl)c2)C4=O)cc1Cl. The van der Waals surface area contributed by atoms with Gasteiger partial charge in [0.1, 0.15) is 46.7 Å². The Labute approximate surface area is 520 Å². The third kappa shape index (κ3) is 12.7. The molecule has 0 saturated heterocycles. The van der Waals surface area contributed by atoms with E-state index in [2.05, 4.69) is 4.98 Å². The maximum absolute atomic E-state index is 15.0. The number of hydrogen-bond donors (Lipinski definition) is 1. The van der Waals surface area contributed by atoms with Crippen LogP contribution < -0.4 is 18.1 Å². The first kappa shape index (κ1) is 62.8. The van der Waals surface area contributed by atoms with Crippen molar-refractivity contribution in [3.63, 3.8) is 0 Å². The van der Waals surface area contributed by atoms with E-state index in [9.17, 15) is 49.1 Å². The van der Waals surface area contributed by atoms with Crippen LogP contribution in [0, 0.1) is 37.1 Å². The minimum atomic E-state index is -3.83. The topological polar surface area (TPSA) is 180 Å². The molecule has 1 N–H and O–H groups in total. The summed E-state index contributed by atoms with van der Waals surface area (Å²) < 4.78 is 122. The Kier molecular flexibility index (Phi) is 17.7. The normalized spacial score (nSPS) is 13.0. The van der Waals surface area contributed by atoms with Gasteiger partial charge in [-0.1, -0.05) is 65.1 Å². The maximum atomic E-state index is 15.0. The summed E-state index contributed by atoms with van der Waals surface area (Å²) in [7, 11) is -3.31. The van der Waals surface area contributed by atoms with Crippen LogP contribution in [0.3, 0.4) is 0 Å². The van der Waals surface area contributed by atoms with Gasteiger partial charge in [-0.15, -0.1) is 0 Å². The molecule has 24 heteroatoms. The molecule has 7 aromatic carbocycles. The minimum absolute atomic E-state index is 0.0236. The fraction of sp³-hybridized carbons (Fsp3) is 0.219. The lowest BCUT2D eigenvalue weighted by molar-refractivity contribution is 0.0756. The highest BCUT2D eigenvalue weighted by Crippen LogP contribution is 2.48. The minimum Gasteiger partial charge on any atom is -0.505 e. The molecule has 9 aromatic rings. The zero-order chi connectivity index (χ0) is 63.4. The molecular formula is C64H55Cl3F4N6O9S2. The van der Waals surface area contributed by atoms with Crippen molar-refractivity contribution in [2.75, 3.05) is 42.3 Å². The fourth-order valence-corrected chi connectivity index (χ4v) is 12.4. The Hall–Kier alpha value is -8.21. The van der Waals surface area contributed by atoms with E-state index < -0.39 is 55.0 Å². The third-order valence-electron chi connectivity index (χ3n) is 15.4. The van der Waals surface area contributed by atoms with Crippen LogP contribution in [0.1, 0.15) is 81.9 Å². The molecule has 2 amide bonds. The van der Waals surface area contributed by atoms with Gasteiger partial charge in [0, 0.05) is 97.5 Å². The summed E-state index contributed by atoms with van der Waals surface area (Å²) in [6, 6.07) is 26.3. The van der Waals surface area contributed by atoms with Gasteiger partial charge in [-0.3, -0.25) is 28.2 Å². The van der Waals surface area contributed by atoms with Crippen molar-refractivity contribution < 1.29 is 58.6 Å². The maximum Gasteiger partial charge on any atom is 0.258 e. The van der Waals surface area contributed by atoms with E-state index in [4.69, 9.17) is 49.3 Å². The molecule has 2 aliphatic rings. The summed E-state index contributed by atoms with van der Waals surface area (Å²) in [6.45, 7) is 3.70. The van der Waals surface area contributed by atoms with Crippen LogP contribution in [0.5, 0.6) is 17.2 Å². The van der Waals surface area contributed by atoms with Crippen molar-refractivity contribution in [3.05, 3.63) is 226 Å². The number of ether oxygens (including phenoxy) is 2. The summed E-state index contributed by atoms with van der Waals surface area (Å²) in [6.07, 6.45) is 5.32. The Morgan fingerprint density at radius 1 is 0.580 bits per heavy atom. The number of anilines is 2. The number of aromatic nitrogens is 2. The van der Waals surface area contributed by atoms with E-state index in [1.165, 1.54) is 73.7 Å². The van der Waals surface area contributed by atoms with Gasteiger partial charge in [0.05, 0.1) is 47.1 Å². The van der Waals surface area contributed by atoms with E-state index in [0.717, 1.165) is 26.7 Å². The van der Waals surface area contributed by atoms with Crippen LogP contribution in [-0.4, -0.2) is 87.2 Å². The van der Waals surface area contributed by atoms with Gasteiger partial charge in [0.2, 0.25) is 20.0 Å². The second-order valence-corrected chi connectivity index (χ2v) is 26.8. The molecule has 2 aromatic heterocycles. The predicted octanol–water partition coefficient (Wildman–Crippen LogP) is 13.2. The number of phenolic OH excluding ortho intramolecular Hbond substituents is 1. The molecule has 2 aliphatic heterocycles. The second-order valence-electron chi connectivity index (χ2n) is 21.6. The molecular weight excluding hydrogens is 1240 g/mol. The van der Waals surface area contributed by atoms with E-state index in [-0.39, 0.29) is 101 Å². The van der Waals surface area contributed by atoms with Crippen molar-refractivity contribution in [1.82, 2.24) is 19.8 Å². The molecule has 0 atom stereocenters. The fourth-order valence-electron chi connectivity index (χ4n) is 10.7. The van der Waals surface area contributed by atoms with Crippen LogP contribution in [0.15, 0.2) is 116 Å². The number of nitrogens with zero attached hydrogens (tertiary/aromatic N) is 6. The van der Waals surface area contributed by atoms with E-state index >= 15 is 0 Å². The van der Waals surface area contributed by atoms with E-state index in [1.807, 2.05) is 12.1 Å². The first-order chi connectivity index (χ1) is 41.6. The van der Waals surface area contributed by atoms with Crippen molar-refractivity contribution >= 4 is 99.8 Å². The number of hydrogen-bond acceptors (Lipinski definition) is 11. The molecule has 15 nitrogen and oxygen atoms in total. The lowest BCUT2D eigenvalue weighted by Gasteiger charge is -2.24. The van der Waals surface area contributed by atoms with Crippen molar-refractivity contribution in [2.24, 2.45) is 0 Å². The number of amides is 2. The highest BCUT2D eigenvalue weighted by atomic mass is 35.5. The molecule has 0 fully saturated rings. The Balaban J connectivity index is 0.000000198. The lowest BCUT2D eigenvalue weighted by atomic mass is 9.98. The lowest BCUT2D eigenvalue weighted by Crippen LogP contribution is -2.26. The molecule has 456 valence electrons. The van der Waals surface area contributed by atoms with Gasteiger partial charge >= 0.3 is 0 Å². The zero-order valence-electron chi connectivity index (χ0n) is 48.3. The van der Waals surface area contributed by atoms with Crippen molar-refractivity contribution in [2.45, 2.75) is 59.5 Å². The largest absolute Gasteiger partial charge is 0.505 e. The number of carbonyl (C=O) groups is 2. The number of benzene rings is 7. The summed E-state index contributed by atoms with van der Waals surface area (Å²) in [5, 5.41) is 12.6. The highest BCUT2D eigenvalue weighted by Gasteiger charge is 2.40. The Bertz CT molecular complexity index is 4570. The molecule has 0 spiro atoms. The van der Waals surface area contributed by atoms with Crippen LogP contribution in [0.25, 0.3) is 21.8 Å². The van der Waals surface area contributed by atoms with E-state index in [0.29, 0.717) is 76.8 Å². The second kappa shape index (κ2) is 24.8. The van der Waals surface area contributed by atoms with Gasteiger partial charge in [0.25, 0.3) is 11.8 Å². The van der Waals surface area contributed by atoms with Crippen molar-refractivity contribution in [1.29, 1.82) is 0 Å². The number of phenols is 1. The van der Waals surface area contributed by atoms with Crippen LogP contribution >= 0.6 is 34.8 Å². The summed E-state index contributed by atoms with van der Waals surface area (Å²) in [4.78, 5) is 39.6. The molecule has 11 rings (SSSR count). The molecule has 0 aliphatic carbocycles. The summed E-state index contributed by atoms with van der Waals surface area (Å²) in [5.74, 6) is -2.32. The molecule has 0 bridgehead atoms. The standard InChI is InChI=1S/C36H32ClF2N3O5S.C28H23Cl2F2N3O4S/c1-21-13-31(39)25(16-30(21)37)14-24-15-28-33(40-17-24)35(47-20-23-7-11-27(46-3)12-8-23)32-29(34(28)41(2)48(4,44)45)19-42(36(32)43)18-22-5-9-26(38)10-6-22;1-14-6-23(32)17(10-20(14)29)7-16-8-18-25(33-11-16)27(36)24-19(26(18)34(2)40(3,38)39)13-35(28(24)37)12-15-4-5-22(31)21(30)9-15/h5-13,15-17H,14,18-20H2,1-4H3;4-6,8-11,36H,7,12-13H2,1-3H3. The zero-order valence-corrected chi connectivity index (χ0v) is 52.2. The number of pyridine rings is 2. The van der Waals surface area contributed by atoms with Gasteiger partial charge in [-0.25, -0.2) is 34.4 Å². The predicted molar refractivity (Wildman–Crippen MR) is 332 cm³/mol. The monoisotopic (exact) mass is 1300 g/mol. The smallest absolute Gasteiger partial charge is 0.258 e. The first-order valence-corrected chi connectivity index (χ1v) is 31.9. The van der Waals surface area contributed by atoms with E-state index in [1.54, 1.807) is 74.5 Å². The Morgan fingerprint density at radius 2 is 1.05 bits per heavy atom. The molecule has 0 unspecified atom stereocenters. The summed E-state index contributed by atoms with van der Waals surface area (Å²) in [5.41, 5.74) is 6.65. The van der Waals surface area contributed by atoms with Gasteiger partial charge in [0.15, 0.2) is 11.5 Å². The van der Waals surface area contributed by atoms with Crippen molar-refractivity contribution in [3.8, 4) is 17.2 Å². The number of aromatic hydroxyl groups is 1. The van der Waals surface area contributed by atoms with Crippen LogP contribution in [0.2, 0.25) is 15.1 Å².